The number of hydrogen-bond donors (Lipinski definition) is 2. The van der Waals surface area contributed by atoms with Crippen LogP contribution in [0.15, 0.2) is 0 Å². The standard InChI is InChI=1S/C16H20N2O2/c1-5-11-9(3)15(17-13(11)7-19)16-10(4)12(6-2)14(8-20)18-16/h7-8,17-18H,5-6H2,1-4H3. The van der Waals surface area contributed by atoms with Crippen molar-refractivity contribution >= 4 is 12.6 Å². The van der Waals surface area contributed by atoms with Gasteiger partial charge < -0.3 is 9.97 Å². The number of aldehydes is 2. The highest BCUT2D eigenvalue weighted by atomic mass is 16.1. The van der Waals surface area contributed by atoms with E-state index in [0.29, 0.717) is 11.4 Å². The SMILES string of the molecule is CCc1c(C=O)[nH]c(-c2[nH]c(C=O)c(CC)c2C)c1C. The Morgan fingerprint density at radius 1 is 0.800 bits per heavy atom. The summed E-state index contributed by atoms with van der Waals surface area (Å²) in [4.78, 5) is 28.7. The van der Waals surface area contributed by atoms with Crippen molar-refractivity contribution in [2.24, 2.45) is 0 Å². The summed E-state index contributed by atoms with van der Waals surface area (Å²) >= 11 is 0. The zero-order valence-corrected chi connectivity index (χ0v) is 12.4. The summed E-state index contributed by atoms with van der Waals surface area (Å²) in [6.07, 6.45) is 3.32. The number of aromatic nitrogens is 2. The zero-order chi connectivity index (χ0) is 14.9. The molecule has 0 aromatic carbocycles. The topological polar surface area (TPSA) is 65.7 Å². The van der Waals surface area contributed by atoms with Crippen LogP contribution in [0.2, 0.25) is 0 Å². The lowest BCUT2D eigenvalue weighted by Crippen LogP contribution is -1.87. The van der Waals surface area contributed by atoms with E-state index in [9.17, 15) is 9.59 Å². The van der Waals surface area contributed by atoms with Gasteiger partial charge in [-0.05, 0) is 48.9 Å². The van der Waals surface area contributed by atoms with Crippen molar-refractivity contribution in [1.82, 2.24) is 9.97 Å². The Balaban J connectivity index is 2.69. The second-order valence-corrected chi connectivity index (χ2v) is 4.98. The molecule has 20 heavy (non-hydrogen) atoms. The molecule has 106 valence electrons. The van der Waals surface area contributed by atoms with Gasteiger partial charge in [0.2, 0.25) is 0 Å². The van der Waals surface area contributed by atoms with Crippen LogP contribution in [0.25, 0.3) is 11.4 Å². The Labute approximate surface area is 118 Å². The highest BCUT2D eigenvalue weighted by molar-refractivity contribution is 5.83. The molecule has 0 atom stereocenters. The molecular formula is C16H20N2O2. The van der Waals surface area contributed by atoms with Crippen molar-refractivity contribution in [2.45, 2.75) is 40.5 Å². The van der Waals surface area contributed by atoms with Crippen molar-refractivity contribution in [1.29, 1.82) is 0 Å². The summed E-state index contributed by atoms with van der Waals surface area (Å²) in [5, 5.41) is 0. The van der Waals surface area contributed by atoms with E-state index in [1.165, 1.54) is 0 Å². The van der Waals surface area contributed by atoms with Crippen molar-refractivity contribution in [3.63, 3.8) is 0 Å². The number of nitrogens with one attached hydrogen (secondary N) is 2. The average molecular weight is 272 g/mol. The van der Waals surface area contributed by atoms with Gasteiger partial charge in [0.15, 0.2) is 12.6 Å². The maximum absolute atomic E-state index is 11.2. The summed E-state index contributed by atoms with van der Waals surface area (Å²) in [6, 6.07) is 0. The lowest BCUT2D eigenvalue weighted by molar-refractivity contribution is 0.111. The van der Waals surface area contributed by atoms with E-state index in [1.54, 1.807) is 0 Å². The predicted molar refractivity (Wildman–Crippen MR) is 79.6 cm³/mol. The van der Waals surface area contributed by atoms with Crippen LogP contribution in [-0.4, -0.2) is 22.5 Å². The molecular weight excluding hydrogens is 252 g/mol. The Morgan fingerprint density at radius 3 is 1.35 bits per heavy atom. The zero-order valence-electron chi connectivity index (χ0n) is 12.4. The first-order valence-electron chi connectivity index (χ1n) is 6.92. The second-order valence-electron chi connectivity index (χ2n) is 4.98. The van der Waals surface area contributed by atoms with Crippen LogP contribution in [0.1, 0.15) is 57.1 Å². The van der Waals surface area contributed by atoms with Gasteiger partial charge in [-0.15, -0.1) is 0 Å². The number of carbonyl (C=O) groups is 2. The van der Waals surface area contributed by atoms with Gasteiger partial charge in [-0.25, -0.2) is 0 Å². The molecule has 2 N–H and O–H groups in total. The van der Waals surface area contributed by atoms with Gasteiger partial charge in [0, 0.05) is 0 Å². The van der Waals surface area contributed by atoms with E-state index in [4.69, 9.17) is 0 Å². The van der Waals surface area contributed by atoms with E-state index >= 15 is 0 Å². The van der Waals surface area contributed by atoms with Gasteiger partial charge in [0.25, 0.3) is 0 Å². The van der Waals surface area contributed by atoms with Crippen LogP contribution in [0, 0.1) is 13.8 Å². The highest BCUT2D eigenvalue weighted by Crippen LogP contribution is 2.31. The summed E-state index contributed by atoms with van der Waals surface area (Å²) < 4.78 is 0. The maximum Gasteiger partial charge on any atom is 0.166 e. The summed E-state index contributed by atoms with van der Waals surface area (Å²) in [5.74, 6) is 0. The Kier molecular flexibility index (Phi) is 3.93. The first-order chi connectivity index (χ1) is 9.58. The van der Waals surface area contributed by atoms with Crippen LogP contribution in [0.3, 0.4) is 0 Å². The monoisotopic (exact) mass is 272 g/mol. The third-order valence-electron chi connectivity index (χ3n) is 4.02. The number of rotatable bonds is 5. The van der Waals surface area contributed by atoms with Crippen LogP contribution >= 0.6 is 0 Å². The molecule has 0 bridgehead atoms. The fourth-order valence-electron chi connectivity index (χ4n) is 2.93. The van der Waals surface area contributed by atoms with Crippen molar-refractivity contribution in [3.05, 3.63) is 33.6 Å². The average Bonchev–Trinajstić information content (AvgIpc) is 2.95. The van der Waals surface area contributed by atoms with Gasteiger partial charge in [-0.3, -0.25) is 9.59 Å². The quantitative estimate of drug-likeness (QED) is 0.819. The first-order valence-corrected chi connectivity index (χ1v) is 6.92. The molecule has 0 radical (unpaired) electrons. The minimum absolute atomic E-state index is 0.625. The molecule has 2 rings (SSSR count). The molecule has 0 aliphatic rings. The smallest absolute Gasteiger partial charge is 0.166 e. The molecule has 0 aliphatic carbocycles. The summed E-state index contributed by atoms with van der Waals surface area (Å²) in [6.45, 7) is 8.07. The van der Waals surface area contributed by atoms with E-state index < -0.39 is 0 Å². The molecule has 0 saturated carbocycles. The highest BCUT2D eigenvalue weighted by Gasteiger charge is 2.19. The second kappa shape index (κ2) is 5.49. The van der Waals surface area contributed by atoms with E-state index in [2.05, 4.69) is 9.97 Å². The van der Waals surface area contributed by atoms with Crippen LogP contribution in [0.4, 0.5) is 0 Å². The molecule has 0 spiro atoms. The van der Waals surface area contributed by atoms with Gasteiger partial charge in [0.1, 0.15) is 0 Å². The molecule has 2 aromatic rings. The van der Waals surface area contributed by atoms with Gasteiger partial charge >= 0.3 is 0 Å². The number of aromatic amines is 2. The van der Waals surface area contributed by atoms with Gasteiger partial charge in [0.05, 0.1) is 22.8 Å². The van der Waals surface area contributed by atoms with E-state index in [-0.39, 0.29) is 0 Å². The Hall–Kier alpha value is -2.10. The summed E-state index contributed by atoms with van der Waals surface area (Å²) in [7, 11) is 0. The fraction of sp³-hybridized carbons (Fsp3) is 0.375. The van der Waals surface area contributed by atoms with Crippen LogP contribution in [-0.2, 0) is 12.8 Å². The Bertz CT molecular complexity index is 604. The largest absolute Gasteiger partial charge is 0.351 e. The molecule has 0 unspecified atom stereocenters. The predicted octanol–water partition coefficient (Wildman–Crippen LogP) is 3.38. The van der Waals surface area contributed by atoms with Crippen LogP contribution < -0.4 is 0 Å². The number of hydrogen-bond acceptors (Lipinski definition) is 2. The van der Waals surface area contributed by atoms with Gasteiger partial charge in [-0.1, -0.05) is 13.8 Å². The van der Waals surface area contributed by atoms with Crippen LogP contribution in [0.5, 0.6) is 0 Å². The fourth-order valence-corrected chi connectivity index (χ4v) is 2.93. The summed E-state index contributed by atoms with van der Waals surface area (Å²) in [5.41, 5.74) is 7.27. The maximum atomic E-state index is 11.2. The van der Waals surface area contributed by atoms with E-state index in [0.717, 1.165) is 59.1 Å². The molecule has 4 heteroatoms. The number of carbonyl (C=O) groups excluding carboxylic acids is 2. The molecule has 0 amide bonds. The normalized spacial score (nSPS) is 10.8. The first kappa shape index (κ1) is 14.3. The lowest BCUT2D eigenvalue weighted by Gasteiger charge is -2.01. The van der Waals surface area contributed by atoms with Crippen molar-refractivity contribution in [3.8, 4) is 11.4 Å². The third kappa shape index (κ3) is 2.01. The molecule has 4 nitrogen and oxygen atoms in total. The molecule has 0 saturated heterocycles. The third-order valence-corrected chi connectivity index (χ3v) is 4.02. The molecule has 2 heterocycles. The molecule has 2 aromatic heterocycles. The van der Waals surface area contributed by atoms with Crippen molar-refractivity contribution < 1.29 is 9.59 Å². The number of H-pyrrole nitrogens is 2. The molecule has 0 fully saturated rings. The van der Waals surface area contributed by atoms with Crippen molar-refractivity contribution in [2.75, 3.05) is 0 Å². The minimum Gasteiger partial charge on any atom is -0.351 e. The Morgan fingerprint density at radius 2 is 1.15 bits per heavy atom. The minimum atomic E-state index is 0.625. The van der Waals surface area contributed by atoms with Gasteiger partial charge in [-0.2, -0.15) is 0 Å². The lowest BCUT2D eigenvalue weighted by atomic mass is 10.0. The molecule has 0 aliphatic heterocycles. The van der Waals surface area contributed by atoms with E-state index in [1.807, 2.05) is 27.7 Å².